The largest absolute Gasteiger partial charge is 0.338 e. The Bertz CT molecular complexity index is 762. The molecular weight excluding hydrogens is 345 g/mol. The second-order valence-corrected chi connectivity index (χ2v) is 7.09. The molecule has 7 heteroatoms. The predicted molar refractivity (Wildman–Crippen MR) is 102 cm³/mol. The minimum Gasteiger partial charge on any atom is -0.338 e. The molecule has 0 spiro atoms. The van der Waals surface area contributed by atoms with E-state index in [1.807, 2.05) is 13.0 Å². The Kier molecular flexibility index (Phi) is 6.55. The zero-order chi connectivity index (χ0) is 19.2. The van der Waals surface area contributed by atoms with Gasteiger partial charge in [0.15, 0.2) is 0 Å². The Labute approximate surface area is 160 Å². The summed E-state index contributed by atoms with van der Waals surface area (Å²) in [5.74, 6) is 1.14. The molecule has 1 saturated heterocycles. The molecular formula is C20H28FN5O. The molecule has 0 bridgehead atoms. The molecule has 0 aliphatic carbocycles. The summed E-state index contributed by atoms with van der Waals surface area (Å²) in [6.45, 7) is 8.07. The molecule has 2 aromatic rings. The maximum Gasteiger partial charge on any atom is 0.237 e. The zero-order valence-corrected chi connectivity index (χ0v) is 16.1. The lowest BCUT2D eigenvalue weighted by Crippen LogP contribution is -2.43. The third-order valence-corrected chi connectivity index (χ3v) is 5.21. The van der Waals surface area contributed by atoms with Crippen molar-refractivity contribution in [1.82, 2.24) is 24.6 Å². The van der Waals surface area contributed by atoms with Gasteiger partial charge in [-0.25, -0.2) is 4.39 Å². The van der Waals surface area contributed by atoms with Crippen molar-refractivity contribution in [2.75, 3.05) is 26.2 Å². The molecule has 1 fully saturated rings. The van der Waals surface area contributed by atoms with Crippen LogP contribution in [0.25, 0.3) is 0 Å². The topological polar surface area (TPSA) is 54.3 Å². The first-order valence-electron chi connectivity index (χ1n) is 9.73. The average Bonchev–Trinajstić information content (AvgIpc) is 3.15. The van der Waals surface area contributed by atoms with E-state index in [1.54, 1.807) is 17.3 Å². The fourth-order valence-corrected chi connectivity index (χ4v) is 3.76. The molecule has 27 heavy (non-hydrogen) atoms. The number of aryl methyl sites for hydroxylation is 1. The molecule has 1 atom stereocenters. The highest BCUT2D eigenvalue weighted by molar-refractivity contribution is 5.78. The summed E-state index contributed by atoms with van der Waals surface area (Å²) in [4.78, 5) is 16.8. The lowest BCUT2D eigenvalue weighted by Gasteiger charge is -2.33. The van der Waals surface area contributed by atoms with Crippen LogP contribution < -0.4 is 0 Å². The highest BCUT2D eigenvalue weighted by Crippen LogP contribution is 2.25. The van der Waals surface area contributed by atoms with Crippen molar-refractivity contribution in [3.05, 3.63) is 47.8 Å². The van der Waals surface area contributed by atoms with E-state index in [-0.39, 0.29) is 11.7 Å². The molecule has 1 unspecified atom stereocenters. The molecule has 1 aromatic heterocycles. The Hall–Kier alpha value is -2.28. The normalized spacial score (nSPS) is 17.8. The van der Waals surface area contributed by atoms with Gasteiger partial charge in [-0.1, -0.05) is 12.1 Å². The van der Waals surface area contributed by atoms with Gasteiger partial charge in [-0.05, 0) is 50.9 Å². The van der Waals surface area contributed by atoms with E-state index in [9.17, 15) is 9.18 Å². The fraction of sp³-hybridized carbons (Fsp3) is 0.550. The highest BCUT2D eigenvalue weighted by Gasteiger charge is 2.27. The molecule has 3 rings (SSSR count). The van der Waals surface area contributed by atoms with Gasteiger partial charge in [0.1, 0.15) is 18.0 Å². The highest BCUT2D eigenvalue weighted by atomic mass is 19.1. The quantitative estimate of drug-likeness (QED) is 0.749. The number of nitrogens with zero attached hydrogens (tertiary/aromatic N) is 5. The van der Waals surface area contributed by atoms with Crippen molar-refractivity contribution in [1.29, 1.82) is 0 Å². The van der Waals surface area contributed by atoms with Crippen LogP contribution in [0.2, 0.25) is 0 Å². The number of hydrogen-bond acceptors (Lipinski definition) is 4. The van der Waals surface area contributed by atoms with Crippen molar-refractivity contribution in [3.8, 4) is 0 Å². The number of likely N-dealkylation sites (tertiary alicyclic amines) is 1. The molecule has 0 N–H and O–H groups in total. The van der Waals surface area contributed by atoms with E-state index < -0.39 is 0 Å². The number of halogens is 1. The van der Waals surface area contributed by atoms with Crippen LogP contribution in [0.5, 0.6) is 0 Å². The first-order chi connectivity index (χ1) is 13.1. The second-order valence-electron chi connectivity index (χ2n) is 7.09. The van der Waals surface area contributed by atoms with Gasteiger partial charge in [0, 0.05) is 32.1 Å². The van der Waals surface area contributed by atoms with Gasteiger partial charge in [-0.3, -0.25) is 9.69 Å². The number of amides is 1. The molecule has 1 aromatic carbocycles. The molecule has 1 aliphatic rings. The Morgan fingerprint density at radius 3 is 2.96 bits per heavy atom. The van der Waals surface area contributed by atoms with Crippen LogP contribution in [0.3, 0.4) is 0 Å². The Morgan fingerprint density at radius 2 is 2.22 bits per heavy atom. The van der Waals surface area contributed by atoms with Crippen LogP contribution in [-0.4, -0.2) is 56.7 Å². The molecule has 2 heterocycles. The molecule has 146 valence electrons. The number of benzene rings is 1. The molecule has 0 radical (unpaired) electrons. The fourth-order valence-electron chi connectivity index (χ4n) is 3.76. The summed E-state index contributed by atoms with van der Waals surface area (Å²) in [5.41, 5.74) is 0.817. The minimum absolute atomic E-state index is 0.0827. The van der Waals surface area contributed by atoms with Gasteiger partial charge in [0.25, 0.3) is 0 Å². The summed E-state index contributed by atoms with van der Waals surface area (Å²) in [6, 6.07) is 6.45. The standard InChI is InChI=1S/C20H28FN5O/c1-3-25(12-16-7-5-9-18(21)11-16)19(27)14-24-10-6-8-17(13-24)20-23-22-15-26(20)4-2/h5,7,9,11,15,17H,3-4,6,8,10,12-14H2,1-2H3. The number of aromatic nitrogens is 3. The van der Waals surface area contributed by atoms with E-state index in [0.29, 0.717) is 25.6 Å². The maximum absolute atomic E-state index is 13.4. The lowest BCUT2D eigenvalue weighted by molar-refractivity contribution is -0.133. The van der Waals surface area contributed by atoms with Gasteiger partial charge in [-0.2, -0.15) is 0 Å². The Morgan fingerprint density at radius 1 is 1.37 bits per heavy atom. The number of hydrogen-bond donors (Lipinski definition) is 0. The van der Waals surface area contributed by atoms with Gasteiger partial charge in [0.2, 0.25) is 5.91 Å². The van der Waals surface area contributed by atoms with Crippen LogP contribution in [0.1, 0.15) is 44.0 Å². The van der Waals surface area contributed by atoms with Crippen LogP contribution in [-0.2, 0) is 17.9 Å². The summed E-state index contributed by atoms with van der Waals surface area (Å²) in [7, 11) is 0. The number of rotatable bonds is 7. The van der Waals surface area contributed by atoms with E-state index in [0.717, 1.165) is 43.9 Å². The lowest BCUT2D eigenvalue weighted by atomic mass is 9.97. The summed E-state index contributed by atoms with van der Waals surface area (Å²) in [5, 5.41) is 8.33. The maximum atomic E-state index is 13.4. The molecule has 1 amide bonds. The van der Waals surface area contributed by atoms with Crippen molar-refractivity contribution < 1.29 is 9.18 Å². The van der Waals surface area contributed by atoms with E-state index >= 15 is 0 Å². The van der Waals surface area contributed by atoms with Crippen LogP contribution >= 0.6 is 0 Å². The number of carbonyl (C=O) groups excluding carboxylic acids is 1. The zero-order valence-electron chi connectivity index (χ0n) is 16.1. The van der Waals surface area contributed by atoms with Gasteiger partial charge in [0.05, 0.1) is 6.54 Å². The first-order valence-corrected chi connectivity index (χ1v) is 9.73. The Balaban J connectivity index is 1.60. The third kappa shape index (κ3) is 4.91. The third-order valence-electron chi connectivity index (χ3n) is 5.21. The van der Waals surface area contributed by atoms with Crippen LogP contribution in [0.4, 0.5) is 4.39 Å². The van der Waals surface area contributed by atoms with Crippen LogP contribution in [0.15, 0.2) is 30.6 Å². The molecule has 6 nitrogen and oxygen atoms in total. The monoisotopic (exact) mass is 373 g/mol. The predicted octanol–water partition coefficient (Wildman–Crippen LogP) is 2.67. The smallest absolute Gasteiger partial charge is 0.237 e. The SMILES string of the molecule is CCN(Cc1cccc(F)c1)C(=O)CN1CCCC(c2nncn2CC)C1. The van der Waals surface area contributed by atoms with E-state index in [2.05, 4.69) is 26.6 Å². The van der Waals surface area contributed by atoms with Gasteiger partial charge < -0.3 is 9.47 Å². The summed E-state index contributed by atoms with van der Waals surface area (Å²) in [6.07, 6.45) is 3.89. The van der Waals surface area contributed by atoms with E-state index in [4.69, 9.17) is 0 Å². The number of piperidine rings is 1. The second kappa shape index (κ2) is 9.08. The first kappa shape index (κ1) is 19.5. The van der Waals surface area contributed by atoms with Crippen molar-refractivity contribution in [2.24, 2.45) is 0 Å². The van der Waals surface area contributed by atoms with Crippen molar-refractivity contribution in [3.63, 3.8) is 0 Å². The number of likely N-dealkylation sites (N-methyl/N-ethyl adjacent to an activating group) is 1. The molecule has 1 aliphatic heterocycles. The van der Waals surface area contributed by atoms with Gasteiger partial charge >= 0.3 is 0 Å². The van der Waals surface area contributed by atoms with Crippen molar-refractivity contribution in [2.45, 2.75) is 45.7 Å². The van der Waals surface area contributed by atoms with Crippen LogP contribution in [0, 0.1) is 5.82 Å². The van der Waals surface area contributed by atoms with Gasteiger partial charge in [-0.15, -0.1) is 10.2 Å². The molecule has 0 saturated carbocycles. The summed E-state index contributed by atoms with van der Waals surface area (Å²) >= 11 is 0. The minimum atomic E-state index is -0.269. The van der Waals surface area contributed by atoms with E-state index in [1.165, 1.54) is 12.1 Å². The number of carbonyl (C=O) groups is 1. The van der Waals surface area contributed by atoms with Crippen molar-refractivity contribution >= 4 is 5.91 Å². The average molecular weight is 373 g/mol. The summed E-state index contributed by atoms with van der Waals surface area (Å²) < 4.78 is 15.5.